The molecule has 17 heavy (non-hydrogen) atoms. The van der Waals surface area contributed by atoms with Gasteiger partial charge >= 0.3 is 0 Å². The van der Waals surface area contributed by atoms with E-state index in [1.54, 1.807) is 0 Å². The number of thioether (sulfide) groups is 1. The van der Waals surface area contributed by atoms with Crippen molar-refractivity contribution in [1.82, 2.24) is 9.80 Å². The third-order valence-electron chi connectivity index (χ3n) is 3.69. The van der Waals surface area contributed by atoms with E-state index in [2.05, 4.69) is 4.90 Å². The highest BCUT2D eigenvalue weighted by Crippen LogP contribution is 2.25. The summed E-state index contributed by atoms with van der Waals surface area (Å²) >= 11 is 1.09. The van der Waals surface area contributed by atoms with Crippen LogP contribution in [0.1, 0.15) is 12.8 Å². The zero-order chi connectivity index (χ0) is 11.8. The lowest BCUT2D eigenvalue weighted by atomic mass is 10.2. The summed E-state index contributed by atoms with van der Waals surface area (Å²) in [6.07, 6.45) is 2.44. The van der Waals surface area contributed by atoms with Crippen LogP contribution in [0.2, 0.25) is 0 Å². The van der Waals surface area contributed by atoms with Gasteiger partial charge < -0.3 is 4.74 Å². The van der Waals surface area contributed by atoms with Crippen LogP contribution in [0, 0.1) is 0 Å². The Morgan fingerprint density at radius 1 is 1.41 bits per heavy atom. The monoisotopic (exact) mass is 256 g/mol. The molecule has 0 N–H and O–H groups in total. The Morgan fingerprint density at radius 2 is 2.29 bits per heavy atom. The van der Waals surface area contributed by atoms with Crippen LogP contribution in [0.15, 0.2) is 0 Å². The van der Waals surface area contributed by atoms with Crippen LogP contribution < -0.4 is 0 Å². The average molecular weight is 256 g/mol. The van der Waals surface area contributed by atoms with E-state index >= 15 is 0 Å². The molecule has 0 aromatic rings. The second kappa shape index (κ2) is 4.59. The van der Waals surface area contributed by atoms with Crippen LogP contribution >= 0.6 is 11.8 Å². The molecule has 0 aliphatic carbocycles. The predicted molar refractivity (Wildman–Crippen MR) is 63.9 cm³/mol. The SMILES string of the molecule is O=C1CSC(=O)N1C[C@H]1CN2CCC[C@H]2CO1. The molecule has 6 heteroatoms. The normalized spacial score (nSPS) is 34.5. The second-order valence-electron chi connectivity index (χ2n) is 4.81. The number of hydrogen-bond donors (Lipinski definition) is 0. The van der Waals surface area contributed by atoms with Crippen LogP contribution in [-0.4, -0.2) is 65.1 Å². The highest BCUT2D eigenvalue weighted by atomic mass is 32.2. The Balaban J connectivity index is 1.59. The zero-order valence-corrected chi connectivity index (χ0v) is 10.4. The number of carbonyl (C=O) groups excluding carboxylic acids is 2. The minimum absolute atomic E-state index is 0.00375. The number of rotatable bonds is 2. The van der Waals surface area contributed by atoms with Crippen molar-refractivity contribution in [2.75, 3.05) is 32.0 Å². The Morgan fingerprint density at radius 3 is 3.06 bits per heavy atom. The minimum atomic E-state index is -0.123. The Labute approximate surface area is 104 Å². The number of ether oxygens (including phenoxy) is 1. The summed E-state index contributed by atoms with van der Waals surface area (Å²) in [4.78, 5) is 26.7. The number of carbonyl (C=O) groups is 2. The maximum Gasteiger partial charge on any atom is 0.288 e. The molecule has 3 rings (SSSR count). The molecule has 2 atom stereocenters. The first kappa shape index (κ1) is 11.5. The summed E-state index contributed by atoms with van der Waals surface area (Å²) in [5, 5.41) is -0.123. The van der Waals surface area contributed by atoms with E-state index in [9.17, 15) is 9.59 Å². The molecule has 3 saturated heterocycles. The summed E-state index contributed by atoms with van der Waals surface area (Å²) in [5.41, 5.74) is 0. The summed E-state index contributed by atoms with van der Waals surface area (Å²) < 4.78 is 5.75. The number of nitrogens with zero attached hydrogens (tertiary/aromatic N) is 2. The quantitative estimate of drug-likeness (QED) is 0.722. The summed E-state index contributed by atoms with van der Waals surface area (Å²) in [6.45, 7) is 3.15. The first-order valence-electron chi connectivity index (χ1n) is 6.07. The summed E-state index contributed by atoms with van der Waals surface area (Å²) in [5.74, 6) is 0.213. The van der Waals surface area contributed by atoms with Gasteiger partial charge in [-0.2, -0.15) is 0 Å². The summed E-state index contributed by atoms with van der Waals surface area (Å²) in [7, 11) is 0. The van der Waals surface area contributed by atoms with E-state index in [1.165, 1.54) is 17.7 Å². The van der Waals surface area contributed by atoms with Crippen molar-refractivity contribution in [1.29, 1.82) is 0 Å². The van der Waals surface area contributed by atoms with Crippen molar-refractivity contribution in [2.45, 2.75) is 25.0 Å². The van der Waals surface area contributed by atoms with Gasteiger partial charge in [0.15, 0.2) is 0 Å². The molecular weight excluding hydrogens is 240 g/mol. The minimum Gasteiger partial charge on any atom is -0.373 e. The molecule has 3 aliphatic rings. The number of hydrogen-bond acceptors (Lipinski definition) is 5. The highest BCUT2D eigenvalue weighted by Gasteiger charge is 2.37. The molecule has 0 spiro atoms. The number of fused-ring (bicyclic) bond motifs is 1. The van der Waals surface area contributed by atoms with Crippen molar-refractivity contribution in [3.63, 3.8) is 0 Å². The van der Waals surface area contributed by atoms with Crippen molar-refractivity contribution < 1.29 is 14.3 Å². The maximum atomic E-state index is 11.5. The van der Waals surface area contributed by atoms with Crippen LogP contribution in [0.3, 0.4) is 0 Å². The van der Waals surface area contributed by atoms with Gasteiger partial charge in [0.25, 0.3) is 5.24 Å². The standard InChI is InChI=1S/C11H16N2O3S/c14-10-7-17-11(15)13(10)5-9-4-12-3-1-2-8(12)6-16-9/h8-9H,1-7H2/t8-,9+/m0/s1. The Kier molecular flexibility index (Phi) is 3.10. The molecule has 3 fully saturated rings. The van der Waals surface area contributed by atoms with Crippen LogP contribution in [-0.2, 0) is 9.53 Å². The molecule has 0 unspecified atom stereocenters. The average Bonchev–Trinajstić information content (AvgIpc) is 2.90. The molecule has 0 bridgehead atoms. The fourth-order valence-corrected chi connectivity index (χ4v) is 3.49. The van der Waals surface area contributed by atoms with E-state index in [1.807, 2.05) is 0 Å². The lowest BCUT2D eigenvalue weighted by Gasteiger charge is -2.36. The van der Waals surface area contributed by atoms with Gasteiger partial charge in [-0.25, -0.2) is 0 Å². The van der Waals surface area contributed by atoms with E-state index in [0.29, 0.717) is 12.6 Å². The molecule has 5 nitrogen and oxygen atoms in total. The highest BCUT2D eigenvalue weighted by molar-refractivity contribution is 8.14. The van der Waals surface area contributed by atoms with Crippen molar-refractivity contribution >= 4 is 22.9 Å². The topological polar surface area (TPSA) is 49.9 Å². The van der Waals surface area contributed by atoms with Gasteiger partial charge in [0.2, 0.25) is 5.91 Å². The van der Waals surface area contributed by atoms with Gasteiger partial charge in [-0.1, -0.05) is 11.8 Å². The number of morpholine rings is 1. The molecule has 0 radical (unpaired) electrons. The first-order chi connectivity index (χ1) is 8.24. The van der Waals surface area contributed by atoms with Gasteiger partial charge in [0.05, 0.1) is 25.0 Å². The fourth-order valence-electron chi connectivity index (χ4n) is 2.76. The van der Waals surface area contributed by atoms with Crippen molar-refractivity contribution in [3.8, 4) is 0 Å². The zero-order valence-electron chi connectivity index (χ0n) is 9.63. The molecule has 0 saturated carbocycles. The van der Waals surface area contributed by atoms with Crippen LogP contribution in [0.4, 0.5) is 4.79 Å². The van der Waals surface area contributed by atoms with Gasteiger partial charge in [-0.05, 0) is 19.4 Å². The molecule has 0 aromatic heterocycles. The van der Waals surface area contributed by atoms with Gasteiger partial charge in [-0.3, -0.25) is 19.4 Å². The molecule has 94 valence electrons. The first-order valence-corrected chi connectivity index (χ1v) is 7.05. The van der Waals surface area contributed by atoms with E-state index in [-0.39, 0.29) is 23.0 Å². The fraction of sp³-hybridized carbons (Fsp3) is 0.818. The Bertz CT molecular complexity index is 334. The van der Waals surface area contributed by atoms with Crippen LogP contribution in [0.5, 0.6) is 0 Å². The molecular formula is C11H16N2O3S. The van der Waals surface area contributed by atoms with Gasteiger partial charge in [0, 0.05) is 12.6 Å². The lowest BCUT2D eigenvalue weighted by Crippen LogP contribution is -2.50. The molecule has 0 aromatic carbocycles. The number of imide groups is 1. The van der Waals surface area contributed by atoms with Crippen molar-refractivity contribution in [3.05, 3.63) is 0 Å². The van der Waals surface area contributed by atoms with Crippen molar-refractivity contribution in [2.24, 2.45) is 0 Å². The van der Waals surface area contributed by atoms with E-state index in [0.717, 1.165) is 31.5 Å². The third-order valence-corrected chi connectivity index (χ3v) is 4.55. The van der Waals surface area contributed by atoms with Gasteiger partial charge in [0.1, 0.15) is 0 Å². The maximum absolute atomic E-state index is 11.5. The van der Waals surface area contributed by atoms with Gasteiger partial charge in [-0.15, -0.1) is 0 Å². The Hall–Kier alpha value is -0.590. The molecule has 3 aliphatic heterocycles. The predicted octanol–water partition coefficient (Wildman–Crippen LogP) is 0.545. The smallest absolute Gasteiger partial charge is 0.288 e. The molecule has 2 amide bonds. The lowest BCUT2D eigenvalue weighted by molar-refractivity contribution is -0.127. The second-order valence-corrected chi connectivity index (χ2v) is 5.73. The van der Waals surface area contributed by atoms with E-state index in [4.69, 9.17) is 4.74 Å². The third kappa shape index (κ3) is 2.21. The van der Waals surface area contributed by atoms with Crippen LogP contribution in [0.25, 0.3) is 0 Å². The molecule has 3 heterocycles. The van der Waals surface area contributed by atoms with E-state index < -0.39 is 0 Å². The summed E-state index contributed by atoms with van der Waals surface area (Å²) in [6, 6.07) is 0.561. The number of amides is 2. The largest absolute Gasteiger partial charge is 0.373 e.